The fraction of sp³-hybridized carbons (Fsp3) is 0.222. The van der Waals surface area contributed by atoms with Crippen molar-refractivity contribution in [3.8, 4) is 0 Å². The third-order valence-corrected chi connectivity index (χ3v) is 1.69. The second-order valence-electron chi connectivity index (χ2n) is 2.77. The molecule has 6 heteroatoms. The van der Waals surface area contributed by atoms with Crippen LogP contribution in [-0.2, 0) is 6.18 Å². The SMILES string of the molecule is C=C(Cl)CNc1ncccc1C(F)(F)F. The van der Waals surface area contributed by atoms with Crippen molar-refractivity contribution >= 4 is 17.4 Å². The van der Waals surface area contributed by atoms with Crippen LogP contribution in [0.25, 0.3) is 0 Å². The molecule has 0 aliphatic heterocycles. The minimum absolute atomic E-state index is 0.0433. The number of aromatic nitrogens is 1. The summed E-state index contributed by atoms with van der Waals surface area (Å²) in [6.45, 7) is 3.40. The van der Waals surface area contributed by atoms with Gasteiger partial charge in [0.25, 0.3) is 0 Å². The molecule has 0 bridgehead atoms. The van der Waals surface area contributed by atoms with Gasteiger partial charge in [0.2, 0.25) is 0 Å². The van der Waals surface area contributed by atoms with Crippen molar-refractivity contribution in [2.75, 3.05) is 11.9 Å². The van der Waals surface area contributed by atoms with Crippen LogP contribution in [0.5, 0.6) is 0 Å². The van der Waals surface area contributed by atoms with Crippen LogP contribution in [0, 0.1) is 0 Å². The molecular formula is C9H8ClF3N2. The first-order valence-corrected chi connectivity index (χ1v) is 4.38. The number of hydrogen-bond donors (Lipinski definition) is 1. The summed E-state index contributed by atoms with van der Waals surface area (Å²) in [5, 5.41) is 2.67. The minimum Gasteiger partial charge on any atom is -0.365 e. The first-order valence-electron chi connectivity index (χ1n) is 4.00. The van der Waals surface area contributed by atoms with Gasteiger partial charge in [0.15, 0.2) is 0 Å². The minimum atomic E-state index is -4.43. The fourth-order valence-corrected chi connectivity index (χ4v) is 1.02. The molecule has 0 saturated heterocycles. The van der Waals surface area contributed by atoms with Gasteiger partial charge in [-0.15, -0.1) is 0 Å². The van der Waals surface area contributed by atoms with Crippen molar-refractivity contribution in [2.45, 2.75) is 6.18 Å². The van der Waals surface area contributed by atoms with Crippen molar-refractivity contribution in [2.24, 2.45) is 0 Å². The number of hydrogen-bond acceptors (Lipinski definition) is 2. The molecule has 0 fully saturated rings. The van der Waals surface area contributed by atoms with E-state index in [1.165, 1.54) is 12.3 Å². The fourth-order valence-electron chi connectivity index (χ4n) is 0.955. The number of rotatable bonds is 3. The van der Waals surface area contributed by atoms with Gasteiger partial charge >= 0.3 is 6.18 Å². The number of nitrogens with one attached hydrogen (secondary N) is 1. The van der Waals surface area contributed by atoms with Gasteiger partial charge in [-0.1, -0.05) is 18.2 Å². The molecule has 0 saturated carbocycles. The zero-order chi connectivity index (χ0) is 11.5. The molecule has 1 aromatic heterocycles. The second kappa shape index (κ2) is 4.53. The van der Waals surface area contributed by atoms with E-state index in [1.54, 1.807) is 0 Å². The molecule has 0 aromatic carbocycles. The van der Waals surface area contributed by atoms with Crippen molar-refractivity contribution in [1.29, 1.82) is 0 Å². The van der Waals surface area contributed by atoms with Gasteiger partial charge in [-0.05, 0) is 12.1 Å². The van der Waals surface area contributed by atoms with Gasteiger partial charge in [-0.3, -0.25) is 0 Å². The summed E-state index contributed by atoms with van der Waals surface area (Å²) in [5.41, 5.74) is -0.817. The number of nitrogens with zero attached hydrogens (tertiary/aromatic N) is 1. The number of alkyl halides is 3. The van der Waals surface area contributed by atoms with Gasteiger partial charge < -0.3 is 5.32 Å². The molecule has 1 heterocycles. The Morgan fingerprint density at radius 3 is 2.73 bits per heavy atom. The number of anilines is 1. The molecule has 0 atom stereocenters. The second-order valence-corrected chi connectivity index (χ2v) is 3.30. The zero-order valence-electron chi connectivity index (χ0n) is 7.61. The Balaban J connectivity index is 2.92. The predicted molar refractivity (Wildman–Crippen MR) is 52.7 cm³/mol. The Bertz CT molecular complexity index is 363. The van der Waals surface area contributed by atoms with E-state index in [-0.39, 0.29) is 17.4 Å². The molecule has 1 aromatic rings. The predicted octanol–water partition coefficient (Wildman–Crippen LogP) is 3.26. The molecule has 2 nitrogen and oxygen atoms in total. The van der Waals surface area contributed by atoms with Crippen molar-refractivity contribution in [3.63, 3.8) is 0 Å². The first kappa shape index (κ1) is 11.8. The maximum atomic E-state index is 12.4. The summed E-state index contributed by atoms with van der Waals surface area (Å²) >= 11 is 5.43. The Morgan fingerprint density at radius 1 is 1.53 bits per heavy atom. The average molecular weight is 237 g/mol. The smallest absolute Gasteiger partial charge is 0.365 e. The molecule has 0 spiro atoms. The molecule has 82 valence electrons. The van der Waals surface area contributed by atoms with Crippen LogP contribution in [0.3, 0.4) is 0 Å². The van der Waals surface area contributed by atoms with E-state index in [0.29, 0.717) is 0 Å². The standard InChI is InChI=1S/C9H8ClF3N2/c1-6(10)5-15-8-7(9(11,12)13)3-2-4-14-8/h2-4H,1,5H2,(H,14,15). The van der Waals surface area contributed by atoms with Crippen LogP contribution >= 0.6 is 11.6 Å². The van der Waals surface area contributed by atoms with E-state index in [0.717, 1.165) is 6.07 Å². The van der Waals surface area contributed by atoms with E-state index in [9.17, 15) is 13.2 Å². The van der Waals surface area contributed by atoms with Crippen molar-refractivity contribution in [1.82, 2.24) is 4.98 Å². The number of pyridine rings is 1. The van der Waals surface area contributed by atoms with Crippen LogP contribution in [0.1, 0.15) is 5.56 Å². The highest BCUT2D eigenvalue weighted by Gasteiger charge is 2.33. The molecule has 15 heavy (non-hydrogen) atoms. The Kier molecular flexibility index (Phi) is 3.57. The highest BCUT2D eigenvalue weighted by atomic mass is 35.5. The summed E-state index contributed by atoms with van der Waals surface area (Å²) in [7, 11) is 0. The highest BCUT2D eigenvalue weighted by molar-refractivity contribution is 6.29. The molecular weight excluding hydrogens is 229 g/mol. The van der Waals surface area contributed by atoms with Gasteiger partial charge in [-0.2, -0.15) is 13.2 Å². The summed E-state index contributed by atoms with van der Waals surface area (Å²) in [4.78, 5) is 3.59. The van der Waals surface area contributed by atoms with Gasteiger partial charge in [0, 0.05) is 11.2 Å². The zero-order valence-corrected chi connectivity index (χ0v) is 8.36. The summed E-state index contributed by atoms with van der Waals surface area (Å²) in [6, 6.07) is 2.18. The third-order valence-electron chi connectivity index (χ3n) is 1.56. The van der Waals surface area contributed by atoms with Gasteiger partial charge in [-0.25, -0.2) is 4.98 Å². The van der Waals surface area contributed by atoms with Crippen LogP contribution in [0.4, 0.5) is 19.0 Å². The molecule has 1 N–H and O–H groups in total. The topological polar surface area (TPSA) is 24.9 Å². The van der Waals surface area contributed by atoms with E-state index < -0.39 is 11.7 Å². The lowest BCUT2D eigenvalue weighted by Gasteiger charge is -2.12. The van der Waals surface area contributed by atoms with Crippen molar-refractivity contribution < 1.29 is 13.2 Å². The summed E-state index contributed by atoms with van der Waals surface area (Å²) in [5.74, 6) is -0.244. The maximum absolute atomic E-state index is 12.4. The molecule has 0 unspecified atom stereocenters. The van der Waals surface area contributed by atoms with E-state index >= 15 is 0 Å². The lowest BCUT2D eigenvalue weighted by molar-refractivity contribution is -0.137. The average Bonchev–Trinajstić information content (AvgIpc) is 2.13. The Hall–Kier alpha value is -1.23. The monoisotopic (exact) mass is 236 g/mol. The summed E-state index contributed by atoms with van der Waals surface area (Å²) in [6.07, 6.45) is -3.15. The van der Waals surface area contributed by atoms with Crippen LogP contribution in [-0.4, -0.2) is 11.5 Å². The van der Waals surface area contributed by atoms with Crippen LogP contribution in [0.15, 0.2) is 29.9 Å². The van der Waals surface area contributed by atoms with Gasteiger partial charge in [0.05, 0.1) is 12.1 Å². The summed E-state index contributed by atoms with van der Waals surface area (Å²) < 4.78 is 37.3. The third kappa shape index (κ3) is 3.43. The normalized spacial score (nSPS) is 11.2. The lowest BCUT2D eigenvalue weighted by atomic mass is 10.2. The van der Waals surface area contributed by atoms with E-state index in [4.69, 9.17) is 11.6 Å². The van der Waals surface area contributed by atoms with Crippen molar-refractivity contribution in [3.05, 3.63) is 35.5 Å². The molecule has 0 amide bonds. The molecule has 0 aliphatic rings. The molecule has 1 rings (SSSR count). The van der Waals surface area contributed by atoms with Crippen LogP contribution < -0.4 is 5.32 Å². The quantitative estimate of drug-likeness (QED) is 0.871. The van der Waals surface area contributed by atoms with Crippen LogP contribution in [0.2, 0.25) is 0 Å². The number of halogens is 4. The largest absolute Gasteiger partial charge is 0.419 e. The van der Waals surface area contributed by atoms with Gasteiger partial charge in [0.1, 0.15) is 5.82 Å². The first-order chi connectivity index (χ1) is 6.91. The lowest BCUT2D eigenvalue weighted by Crippen LogP contribution is -2.12. The highest BCUT2D eigenvalue weighted by Crippen LogP contribution is 2.33. The van der Waals surface area contributed by atoms with E-state index in [1.807, 2.05) is 0 Å². The maximum Gasteiger partial charge on any atom is 0.419 e. The molecule has 0 aliphatic carbocycles. The molecule has 0 radical (unpaired) electrons. The van der Waals surface area contributed by atoms with E-state index in [2.05, 4.69) is 16.9 Å². The Labute approximate surface area is 89.8 Å². The Morgan fingerprint density at radius 2 is 2.20 bits per heavy atom.